The molecule has 2 bridgehead atoms. The number of likely N-dealkylation sites (tertiary alicyclic amines) is 1. The summed E-state index contributed by atoms with van der Waals surface area (Å²) in [7, 11) is 3.66. The number of anilines is 1. The van der Waals surface area contributed by atoms with Crippen molar-refractivity contribution in [2.45, 2.75) is 94.9 Å². The lowest BCUT2D eigenvalue weighted by Crippen LogP contribution is -2.56. The number of hydrogen-bond acceptors (Lipinski definition) is 4. The minimum absolute atomic E-state index is 0.0666. The minimum atomic E-state index is -0.447. The van der Waals surface area contributed by atoms with Gasteiger partial charge >= 0.3 is 12.1 Å². The molecule has 5 rings (SSSR count). The highest BCUT2D eigenvalue weighted by molar-refractivity contribution is 5.93. The summed E-state index contributed by atoms with van der Waals surface area (Å²) in [6.45, 7) is 8.80. The van der Waals surface area contributed by atoms with E-state index in [2.05, 4.69) is 34.1 Å². The number of rotatable bonds is 1. The van der Waals surface area contributed by atoms with E-state index in [0.717, 1.165) is 70.3 Å². The molecule has 4 heterocycles. The lowest BCUT2D eigenvalue weighted by molar-refractivity contribution is -0.00886. The van der Waals surface area contributed by atoms with Gasteiger partial charge in [0.2, 0.25) is 0 Å². The highest BCUT2D eigenvalue weighted by Crippen LogP contribution is 2.48. The van der Waals surface area contributed by atoms with Gasteiger partial charge in [-0.3, -0.25) is 4.90 Å². The Bertz CT molecular complexity index is 949. The molecule has 1 spiro atoms. The van der Waals surface area contributed by atoms with Crippen molar-refractivity contribution in [3.05, 3.63) is 29.8 Å². The first-order chi connectivity index (χ1) is 16.6. The Morgan fingerprint density at radius 2 is 1.54 bits per heavy atom. The molecule has 0 aliphatic carbocycles. The summed E-state index contributed by atoms with van der Waals surface area (Å²) in [5, 5.41) is 0. The Kier molecular flexibility index (Phi) is 6.27. The Hall–Kier alpha value is -2.28. The van der Waals surface area contributed by atoms with Crippen LogP contribution in [0.25, 0.3) is 0 Å². The van der Waals surface area contributed by atoms with Gasteiger partial charge in [-0.2, -0.15) is 0 Å². The van der Waals surface area contributed by atoms with Crippen LogP contribution in [0, 0.1) is 0 Å². The maximum absolute atomic E-state index is 12.9. The highest BCUT2D eigenvalue weighted by Gasteiger charge is 2.48. The Labute approximate surface area is 210 Å². The third-order valence-corrected chi connectivity index (χ3v) is 8.78. The summed E-state index contributed by atoms with van der Waals surface area (Å²) in [6, 6.07) is 9.79. The molecule has 1 aromatic carbocycles. The van der Waals surface area contributed by atoms with Crippen molar-refractivity contribution < 1.29 is 14.3 Å². The largest absolute Gasteiger partial charge is 0.444 e. The average molecular weight is 483 g/mol. The molecule has 3 amide bonds. The van der Waals surface area contributed by atoms with Crippen molar-refractivity contribution in [3.8, 4) is 0 Å². The lowest BCUT2D eigenvalue weighted by Gasteiger charge is -2.51. The van der Waals surface area contributed by atoms with Crippen LogP contribution in [0.3, 0.4) is 0 Å². The maximum atomic E-state index is 12.9. The molecule has 4 aliphatic rings. The molecule has 0 radical (unpaired) electrons. The molecule has 0 saturated carbocycles. The molecule has 3 saturated heterocycles. The summed E-state index contributed by atoms with van der Waals surface area (Å²) in [5.41, 5.74) is 2.15. The van der Waals surface area contributed by atoms with Crippen molar-refractivity contribution in [3.63, 3.8) is 0 Å². The van der Waals surface area contributed by atoms with E-state index in [1.807, 2.05) is 39.8 Å². The normalized spacial score (nSPS) is 28.1. The molecular weight excluding hydrogens is 440 g/mol. The number of para-hydroxylation sites is 1. The molecule has 2 atom stereocenters. The van der Waals surface area contributed by atoms with E-state index in [9.17, 15) is 9.59 Å². The zero-order chi connectivity index (χ0) is 25.0. The monoisotopic (exact) mass is 482 g/mol. The van der Waals surface area contributed by atoms with Crippen LogP contribution in [0.4, 0.5) is 15.3 Å². The molecule has 35 heavy (non-hydrogen) atoms. The van der Waals surface area contributed by atoms with Crippen LogP contribution in [0.1, 0.15) is 71.3 Å². The molecule has 3 fully saturated rings. The van der Waals surface area contributed by atoms with E-state index in [-0.39, 0.29) is 17.5 Å². The van der Waals surface area contributed by atoms with E-state index in [0.29, 0.717) is 18.1 Å². The van der Waals surface area contributed by atoms with Gasteiger partial charge in [-0.15, -0.1) is 0 Å². The van der Waals surface area contributed by atoms with Gasteiger partial charge in [0.1, 0.15) is 5.60 Å². The molecule has 4 aliphatic heterocycles. The smallest absolute Gasteiger partial charge is 0.410 e. The van der Waals surface area contributed by atoms with Crippen LogP contribution in [-0.4, -0.2) is 84.3 Å². The highest BCUT2D eigenvalue weighted by atomic mass is 16.6. The van der Waals surface area contributed by atoms with Crippen LogP contribution in [0.2, 0.25) is 0 Å². The predicted octanol–water partition coefficient (Wildman–Crippen LogP) is 4.84. The molecular formula is C28H42N4O3. The van der Waals surface area contributed by atoms with Gasteiger partial charge in [0.15, 0.2) is 0 Å². The van der Waals surface area contributed by atoms with Gasteiger partial charge in [0.05, 0.1) is 0 Å². The van der Waals surface area contributed by atoms with Crippen molar-refractivity contribution >= 4 is 17.8 Å². The van der Waals surface area contributed by atoms with Crippen molar-refractivity contribution in [2.75, 3.05) is 38.6 Å². The standard InChI is InChI=1S/C28H42N4O3/c1-27(2,3)35-26(34)32-20-10-11-21(32)19-22(18-20)30-15-12-28(13-16-30)14-17-31(25(33)29(4)5)24-9-7-6-8-23(24)28/h6-9,20-22H,10-19H2,1-5H3. The molecule has 192 valence electrons. The number of carbonyl (C=O) groups is 2. The topological polar surface area (TPSA) is 56.3 Å². The van der Waals surface area contributed by atoms with Crippen molar-refractivity contribution in [1.82, 2.24) is 14.7 Å². The number of amides is 3. The van der Waals surface area contributed by atoms with E-state index in [1.165, 1.54) is 5.56 Å². The fraction of sp³-hybridized carbons (Fsp3) is 0.714. The molecule has 7 heteroatoms. The third-order valence-electron chi connectivity index (χ3n) is 8.78. The first-order valence-electron chi connectivity index (χ1n) is 13.4. The Morgan fingerprint density at radius 1 is 0.943 bits per heavy atom. The number of fused-ring (bicyclic) bond motifs is 4. The number of piperidine rings is 2. The van der Waals surface area contributed by atoms with E-state index < -0.39 is 5.60 Å². The van der Waals surface area contributed by atoms with Gasteiger partial charge in [0.25, 0.3) is 0 Å². The SMILES string of the molecule is CN(C)C(=O)N1CCC2(CCN(C3CC4CCC(C3)N4C(=O)OC(C)(C)C)CC2)c2ccccc21. The number of hydrogen-bond donors (Lipinski definition) is 0. The Balaban J connectivity index is 1.26. The summed E-state index contributed by atoms with van der Waals surface area (Å²) < 4.78 is 5.73. The minimum Gasteiger partial charge on any atom is -0.444 e. The van der Waals surface area contributed by atoms with Crippen LogP contribution >= 0.6 is 0 Å². The summed E-state index contributed by atoms with van der Waals surface area (Å²) >= 11 is 0. The fourth-order valence-corrected chi connectivity index (χ4v) is 7.07. The van der Waals surface area contributed by atoms with Crippen LogP contribution in [0.5, 0.6) is 0 Å². The number of carbonyl (C=O) groups excluding carboxylic acids is 2. The van der Waals surface area contributed by atoms with Crippen LogP contribution in [-0.2, 0) is 10.2 Å². The van der Waals surface area contributed by atoms with Crippen molar-refractivity contribution in [2.24, 2.45) is 0 Å². The second kappa shape index (κ2) is 8.99. The summed E-state index contributed by atoms with van der Waals surface area (Å²) in [6.07, 6.45) is 7.49. The van der Waals surface area contributed by atoms with Gasteiger partial charge in [0, 0.05) is 49.9 Å². The number of ether oxygens (including phenoxy) is 1. The zero-order valence-corrected chi connectivity index (χ0v) is 22.1. The first kappa shape index (κ1) is 24.4. The fourth-order valence-electron chi connectivity index (χ4n) is 7.07. The predicted molar refractivity (Wildman–Crippen MR) is 138 cm³/mol. The maximum Gasteiger partial charge on any atom is 0.410 e. The van der Waals surface area contributed by atoms with Crippen LogP contribution < -0.4 is 4.90 Å². The summed E-state index contributed by atoms with van der Waals surface area (Å²) in [5.74, 6) is 0. The lowest BCUT2D eigenvalue weighted by atomic mass is 9.67. The molecule has 0 aromatic heterocycles. The average Bonchev–Trinajstić information content (AvgIpc) is 3.08. The summed E-state index contributed by atoms with van der Waals surface area (Å²) in [4.78, 5) is 34.1. The van der Waals surface area contributed by atoms with Crippen LogP contribution in [0.15, 0.2) is 24.3 Å². The number of urea groups is 1. The van der Waals surface area contributed by atoms with Gasteiger partial charge in [-0.1, -0.05) is 18.2 Å². The molecule has 2 unspecified atom stereocenters. The van der Waals surface area contributed by atoms with E-state index in [4.69, 9.17) is 4.74 Å². The van der Waals surface area contributed by atoms with Gasteiger partial charge in [-0.05, 0) is 90.4 Å². The van der Waals surface area contributed by atoms with Gasteiger partial charge < -0.3 is 19.4 Å². The van der Waals surface area contributed by atoms with E-state index >= 15 is 0 Å². The number of benzene rings is 1. The molecule has 0 N–H and O–H groups in total. The third kappa shape index (κ3) is 4.52. The molecule has 1 aromatic rings. The first-order valence-corrected chi connectivity index (χ1v) is 13.4. The van der Waals surface area contributed by atoms with E-state index in [1.54, 1.807) is 4.90 Å². The molecule has 7 nitrogen and oxygen atoms in total. The van der Waals surface area contributed by atoms with Gasteiger partial charge in [-0.25, -0.2) is 9.59 Å². The Morgan fingerprint density at radius 3 is 2.14 bits per heavy atom. The zero-order valence-electron chi connectivity index (χ0n) is 22.1. The quantitative estimate of drug-likeness (QED) is 0.575. The second-order valence-corrected chi connectivity index (χ2v) is 12.3. The van der Waals surface area contributed by atoms with Crippen molar-refractivity contribution in [1.29, 1.82) is 0 Å². The second-order valence-electron chi connectivity index (χ2n) is 12.3. The number of nitrogens with zero attached hydrogens (tertiary/aromatic N) is 4.